The number of hydrazone groups is 1. The molecular weight excluding hydrogens is 507 g/mol. The SMILES string of the molecule is CCOc1ccc(/C=N\NC(=O)COc2ccc(C3SCCS3)cc2)cc1I. The highest BCUT2D eigenvalue weighted by Gasteiger charge is 2.17. The summed E-state index contributed by atoms with van der Waals surface area (Å²) in [7, 11) is 0. The Morgan fingerprint density at radius 1 is 1.21 bits per heavy atom. The maximum atomic E-state index is 11.9. The molecule has 8 heteroatoms. The summed E-state index contributed by atoms with van der Waals surface area (Å²) < 4.78 is 12.5. The average molecular weight is 528 g/mol. The van der Waals surface area contributed by atoms with E-state index in [0.29, 0.717) is 16.9 Å². The van der Waals surface area contributed by atoms with E-state index in [0.717, 1.165) is 14.9 Å². The van der Waals surface area contributed by atoms with Gasteiger partial charge in [-0.15, -0.1) is 23.5 Å². The number of amides is 1. The van der Waals surface area contributed by atoms with Gasteiger partial charge in [-0.25, -0.2) is 5.43 Å². The lowest BCUT2D eigenvalue weighted by Crippen LogP contribution is -2.24. The molecule has 1 saturated heterocycles. The first-order chi connectivity index (χ1) is 13.7. The molecule has 148 valence electrons. The Balaban J connectivity index is 1.44. The van der Waals surface area contributed by atoms with Gasteiger partial charge in [-0.2, -0.15) is 5.10 Å². The fourth-order valence-corrected chi connectivity index (χ4v) is 6.06. The van der Waals surface area contributed by atoms with E-state index in [2.05, 4.69) is 45.3 Å². The predicted octanol–water partition coefficient (Wildman–Crippen LogP) is 4.70. The van der Waals surface area contributed by atoms with Crippen LogP contribution in [0.2, 0.25) is 0 Å². The van der Waals surface area contributed by atoms with Gasteiger partial charge < -0.3 is 9.47 Å². The first-order valence-corrected chi connectivity index (χ1v) is 12.0. The number of carbonyl (C=O) groups is 1. The minimum atomic E-state index is -0.303. The van der Waals surface area contributed by atoms with E-state index in [1.165, 1.54) is 17.1 Å². The molecule has 1 N–H and O–H groups in total. The number of benzene rings is 2. The number of thioether (sulfide) groups is 2. The summed E-state index contributed by atoms with van der Waals surface area (Å²) in [5.74, 6) is 3.61. The number of rotatable bonds is 8. The van der Waals surface area contributed by atoms with Crippen molar-refractivity contribution in [3.63, 3.8) is 0 Å². The van der Waals surface area contributed by atoms with Crippen molar-refractivity contribution in [1.82, 2.24) is 5.43 Å². The Kier molecular flexibility index (Phi) is 8.35. The van der Waals surface area contributed by atoms with Gasteiger partial charge in [0.05, 0.1) is 21.0 Å². The second-order valence-electron chi connectivity index (χ2n) is 5.85. The minimum absolute atomic E-state index is 0.0789. The number of ether oxygens (including phenoxy) is 2. The van der Waals surface area contributed by atoms with Crippen LogP contribution in [0.25, 0.3) is 0 Å². The van der Waals surface area contributed by atoms with Crippen LogP contribution in [0.4, 0.5) is 0 Å². The summed E-state index contributed by atoms with van der Waals surface area (Å²) in [6.07, 6.45) is 1.60. The molecular formula is C20H21IN2O3S2. The van der Waals surface area contributed by atoms with Gasteiger partial charge in [0.1, 0.15) is 11.5 Å². The van der Waals surface area contributed by atoms with Crippen molar-refractivity contribution >= 4 is 58.2 Å². The van der Waals surface area contributed by atoms with E-state index in [-0.39, 0.29) is 12.5 Å². The molecule has 0 aliphatic carbocycles. The van der Waals surface area contributed by atoms with E-state index in [1.807, 2.05) is 60.8 Å². The quantitative estimate of drug-likeness (QED) is 0.306. The molecule has 3 rings (SSSR count). The Hall–Kier alpha value is -1.39. The van der Waals surface area contributed by atoms with Crippen LogP contribution in [0, 0.1) is 3.57 Å². The lowest BCUT2D eigenvalue weighted by atomic mass is 10.2. The molecule has 1 aliphatic rings. The topological polar surface area (TPSA) is 59.9 Å². The van der Waals surface area contributed by atoms with Crippen LogP contribution in [-0.4, -0.2) is 36.8 Å². The molecule has 1 amide bonds. The third kappa shape index (κ3) is 6.31. The normalized spacial score (nSPS) is 14.4. The number of nitrogens with one attached hydrogen (secondary N) is 1. The van der Waals surface area contributed by atoms with Crippen LogP contribution in [0.1, 0.15) is 22.6 Å². The molecule has 0 unspecified atom stereocenters. The monoisotopic (exact) mass is 528 g/mol. The summed E-state index contributed by atoms with van der Waals surface area (Å²) in [5, 5.41) is 3.98. The average Bonchev–Trinajstić information content (AvgIpc) is 3.24. The maximum Gasteiger partial charge on any atom is 0.277 e. The standard InChI is InChI=1S/C20H21IN2O3S2/c1-2-25-18-8-3-14(11-17(18)21)12-22-23-19(24)13-26-16-6-4-15(5-7-16)20-27-9-10-28-20/h3-8,11-12,20H,2,9-10,13H2,1H3,(H,23,24)/b22-12-. The van der Waals surface area contributed by atoms with Crippen molar-refractivity contribution in [1.29, 1.82) is 0 Å². The Labute approximate surface area is 187 Å². The molecule has 0 spiro atoms. The first-order valence-electron chi connectivity index (χ1n) is 8.86. The van der Waals surface area contributed by atoms with Crippen molar-refractivity contribution in [2.24, 2.45) is 5.10 Å². The van der Waals surface area contributed by atoms with Crippen LogP contribution in [0.15, 0.2) is 47.6 Å². The molecule has 0 aromatic heterocycles. The molecule has 0 atom stereocenters. The van der Waals surface area contributed by atoms with E-state index < -0.39 is 0 Å². The number of halogens is 1. The van der Waals surface area contributed by atoms with Crippen LogP contribution in [0.3, 0.4) is 0 Å². The van der Waals surface area contributed by atoms with Crippen molar-refractivity contribution in [2.75, 3.05) is 24.7 Å². The van der Waals surface area contributed by atoms with Crippen LogP contribution in [-0.2, 0) is 4.79 Å². The summed E-state index contributed by atoms with van der Waals surface area (Å²) in [6.45, 7) is 2.50. The fourth-order valence-electron chi connectivity index (χ4n) is 2.50. The highest BCUT2D eigenvalue weighted by molar-refractivity contribution is 14.1. The van der Waals surface area contributed by atoms with Crippen molar-refractivity contribution in [3.05, 3.63) is 57.2 Å². The van der Waals surface area contributed by atoms with Gasteiger partial charge in [-0.3, -0.25) is 4.79 Å². The summed E-state index contributed by atoms with van der Waals surface area (Å²) in [4.78, 5) is 11.9. The van der Waals surface area contributed by atoms with Crippen LogP contribution in [0.5, 0.6) is 11.5 Å². The smallest absolute Gasteiger partial charge is 0.277 e. The summed E-state index contributed by atoms with van der Waals surface area (Å²) >= 11 is 6.14. The zero-order valence-electron chi connectivity index (χ0n) is 15.4. The molecule has 1 fully saturated rings. The highest BCUT2D eigenvalue weighted by atomic mass is 127. The largest absolute Gasteiger partial charge is 0.493 e. The second-order valence-corrected chi connectivity index (χ2v) is 9.73. The van der Waals surface area contributed by atoms with E-state index in [9.17, 15) is 4.79 Å². The molecule has 0 bridgehead atoms. The van der Waals surface area contributed by atoms with E-state index in [1.54, 1.807) is 6.21 Å². The van der Waals surface area contributed by atoms with Gasteiger partial charge >= 0.3 is 0 Å². The van der Waals surface area contributed by atoms with Gasteiger partial charge in [0.2, 0.25) is 0 Å². The lowest BCUT2D eigenvalue weighted by Gasteiger charge is -2.10. The van der Waals surface area contributed by atoms with E-state index >= 15 is 0 Å². The van der Waals surface area contributed by atoms with E-state index in [4.69, 9.17) is 9.47 Å². The molecule has 2 aromatic rings. The van der Waals surface area contributed by atoms with Gasteiger partial charge in [-0.05, 0) is 71.0 Å². The Morgan fingerprint density at radius 3 is 2.64 bits per heavy atom. The maximum absolute atomic E-state index is 11.9. The number of carbonyl (C=O) groups excluding carboxylic acids is 1. The third-order valence-electron chi connectivity index (χ3n) is 3.80. The first kappa shape index (κ1) is 21.3. The van der Waals surface area contributed by atoms with Gasteiger partial charge in [0, 0.05) is 11.5 Å². The summed E-state index contributed by atoms with van der Waals surface area (Å²) in [6, 6.07) is 13.7. The van der Waals surface area contributed by atoms with Crippen LogP contribution >= 0.6 is 46.1 Å². The van der Waals surface area contributed by atoms with Crippen molar-refractivity contribution in [2.45, 2.75) is 11.5 Å². The number of nitrogens with zero attached hydrogens (tertiary/aromatic N) is 1. The summed E-state index contributed by atoms with van der Waals surface area (Å²) in [5.41, 5.74) is 4.65. The Bertz CT molecular complexity index is 825. The molecule has 28 heavy (non-hydrogen) atoms. The third-order valence-corrected chi connectivity index (χ3v) is 7.75. The minimum Gasteiger partial charge on any atom is -0.493 e. The van der Waals surface area contributed by atoms with Crippen molar-refractivity contribution in [3.8, 4) is 11.5 Å². The second kappa shape index (κ2) is 11.0. The zero-order valence-corrected chi connectivity index (χ0v) is 19.2. The van der Waals surface area contributed by atoms with Gasteiger partial charge in [-0.1, -0.05) is 12.1 Å². The highest BCUT2D eigenvalue weighted by Crippen LogP contribution is 2.45. The van der Waals surface area contributed by atoms with Crippen molar-refractivity contribution < 1.29 is 14.3 Å². The molecule has 0 radical (unpaired) electrons. The Morgan fingerprint density at radius 2 is 1.96 bits per heavy atom. The lowest BCUT2D eigenvalue weighted by molar-refractivity contribution is -0.123. The fraction of sp³-hybridized carbons (Fsp3) is 0.300. The zero-order chi connectivity index (χ0) is 19.8. The number of hydrogen-bond donors (Lipinski definition) is 1. The van der Waals surface area contributed by atoms with Crippen LogP contribution < -0.4 is 14.9 Å². The molecule has 2 aromatic carbocycles. The predicted molar refractivity (Wildman–Crippen MR) is 126 cm³/mol. The number of hydrogen-bond acceptors (Lipinski definition) is 6. The molecule has 5 nitrogen and oxygen atoms in total. The van der Waals surface area contributed by atoms with Gasteiger partial charge in [0.15, 0.2) is 6.61 Å². The van der Waals surface area contributed by atoms with Gasteiger partial charge in [0.25, 0.3) is 5.91 Å². The molecule has 1 heterocycles. The molecule has 0 saturated carbocycles. The molecule has 1 aliphatic heterocycles.